The van der Waals surface area contributed by atoms with Gasteiger partial charge in [-0.2, -0.15) is 0 Å². The molecule has 0 N–H and O–H groups in total. The highest BCUT2D eigenvalue weighted by atomic mass is 19.1. The summed E-state index contributed by atoms with van der Waals surface area (Å²) in [6.45, 7) is 5.09. The van der Waals surface area contributed by atoms with Crippen molar-refractivity contribution >= 4 is 5.78 Å². The molecule has 0 aliphatic carbocycles. The van der Waals surface area contributed by atoms with E-state index in [2.05, 4.69) is 6.58 Å². The van der Waals surface area contributed by atoms with Gasteiger partial charge in [0.05, 0.1) is 7.11 Å². The molecule has 0 radical (unpaired) electrons. The number of benzene rings is 1. The molecule has 0 unspecified atom stereocenters. The Bertz CT molecular complexity index is 383. The zero-order valence-corrected chi connectivity index (χ0v) is 8.13. The number of rotatable bonds is 3. The predicted octanol–water partition coefficient (Wildman–Crippen LogP) is 2.59. The Hall–Kier alpha value is -1.64. The van der Waals surface area contributed by atoms with E-state index in [1.54, 1.807) is 6.92 Å². The first-order valence-corrected chi connectivity index (χ1v) is 4.09. The van der Waals surface area contributed by atoms with Crippen LogP contribution in [0.2, 0.25) is 0 Å². The van der Waals surface area contributed by atoms with E-state index >= 15 is 0 Å². The number of ketones is 1. The number of carbonyl (C=O) groups is 1. The number of hydrogen-bond donors (Lipinski definition) is 0. The minimum atomic E-state index is -0.492. The molecule has 1 rings (SSSR count). The topological polar surface area (TPSA) is 26.3 Å². The Labute approximate surface area is 82.0 Å². The lowest BCUT2D eigenvalue weighted by Crippen LogP contribution is -2.00. The second kappa shape index (κ2) is 4.05. The monoisotopic (exact) mass is 194 g/mol. The number of carbonyl (C=O) groups excluding carboxylic acids is 1. The molecule has 0 atom stereocenters. The van der Waals surface area contributed by atoms with Gasteiger partial charge in [0.1, 0.15) is 11.6 Å². The molecule has 3 heteroatoms. The first-order valence-electron chi connectivity index (χ1n) is 4.09. The third-order valence-corrected chi connectivity index (χ3v) is 1.76. The van der Waals surface area contributed by atoms with Crippen LogP contribution in [0.15, 0.2) is 30.4 Å². The molecule has 0 bridgehead atoms. The smallest absolute Gasteiger partial charge is 0.188 e. The van der Waals surface area contributed by atoms with Gasteiger partial charge in [0, 0.05) is 11.6 Å². The second-order valence-corrected chi connectivity index (χ2v) is 2.99. The van der Waals surface area contributed by atoms with E-state index in [1.165, 1.54) is 25.3 Å². The Balaban J connectivity index is 3.15. The largest absolute Gasteiger partial charge is 0.497 e. The molecule has 0 amide bonds. The van der Waals surface area contributed by atoms with Crippen LogP contribution in [-0.4, -0.2) is 12.9 Å². The van der Waals surface area contributed by atoms with Crippen LogP contribution in [0.25, 0.3) is 0 Å². The first kappa shape index (κ1) is 10.4. The lowest BCUT2D eigenvalue weighted by molar-refractivity contribution is 0.103. The van der Waals surface area contributed by atoms with Crippen LogP contribution < -0.4 is 4.74 Å². The summed E-state index contributed by atoms with van der Waals surface area (Å²) in [4.78, 5) is 11.4. The van der Waals surface area contributed by atoms with Gasteiger partial charge in [-0.05, 0) is 24.6 Å². The average molecular weight is 194 g/mol. The zero-order valence-electron chi connectivity index (χ0n) is 8.13. The van der Waals surface area contributed by atoms with Gasteiger partial charge in [0.2, 0.25) is 0 Å². The maximum absolute atomic E-state index is 13.0. The van der Waals surface area contributed by atoms with Crippen LogP contribution in [0, 0.1) is 5.82 Å². The first-order chi connectivity index (χ1) is 6.54. The van der Waals surface area contributed by atoms with Crippen molar-refractivity contribution in [2.75, 3.05) is 7.11 Å². The summed E-state index contributed by atoms with van der Waals surface area (Å²) in [5, 5.41) is 0. The third-order valence-electron chi connectivity index (χ3n) is 1.76. The van der Waals surface area contributed by atoms with E-state index in [-0.39, 0.29) is 11.3 Å². The highest BCUT2D eigenvalue weighted by Gasteiger charge is 2.09. The number of hydrogen-bond acceptors (Lipinski definition) is 2. The standard InChI is InChI=1S/C11H11FO2/c1-7(2)11(13)8-4-9(12)6-10(5-8)14-3/h4-6H,1H2,2-3H3. The molecule has 0 heterocycles. The van der Waals surface area contributed by atoms with Crippen molar-refractivity contribution < 1.29 is 13.9 Å². The summed E-state index contributed by atoms with van der Waals surface area (Å²) in [5.41, 5.74) is 0.631. The average Bonchev–Trinajstić information content (AvgIpc) is 2.15. The summed E-state index contributed by atoms with van der Waals surface area (Å²) < 4.78 is 17.8. The van der Waals surface area contributed by atoms with E-state index in [0.29, 0.717) is 11.3 Å². The lowest BCUT2D eigenvalue weighted by atomic mass is 10.1. The lowest BCUT2D eigenvalue weighted by Gasteiger charge is -2.03. The van der Waals surface area contributed by atoms with Crippen LogP contribution >= 0.6 is 0 Å². The van der Waals surface area contributed by atoms with Crippen molar-refractivity contribution in [2.24, 2.45) is 0 Å². The van der Waals surface area contributed by atoms with Crippen molar-refractivity contribution in [3.63, 3.8) is 0 Å². The van der Waals surface area contributed by atoms with Gasteiger partial charge in [0.15, 0.2) is 5.78 Å². The van der Waals surface area contributed by atoms with Crippen molar-refractivity contribution in [2.45, 2.75) is 6.92 Å². The molecule has 14 heavy (non-hydrogen) atoms. The predicted molar refractivity (Wildman–Crippen MR) is 52.1 cm³/mol. The number of Topliss-reactive ketones (excluding diaryl/α,β-unsaturated/α-hetero) is 1. The van der Waals surface area contributed by atoms with E-state index in [4.69, 9.17) is 4.74 Å². The minimum Gasteiger partial charge on any atom is -0.497 e. The summed E-state index contributed by atoms with van der Waals surface area (Å²) in [6.07, 6.45) is 0. The number of halogens is 1. The Morgan fingerprint density at radius 2 is 2.07 bits per heavy atom. The van der Waals surface area contributed by atoms with Crippen LogP contribution in [0.4, 0.5) is 4.39 Å². The third kappa shape index (κ3) is 2.19. The van der Waals surface area contributed by atoms with E-state index in [1.807, 2.05) is 0 Å². The summed E-state index contributed by atoms with van der Waals surface area (Å²) in [6, 6.07) is 3.87. The normalized spacial score (nSPS) is 9.64. The molecule has 0 aliphatic rings. The van der Waals surface area contributed by atoms with Crippen LogP contribution in [0.5, 0.6) is 5.75 Å². The molecule has 74 valence electrons. The van der Waals surface area contributed by atoms with E-state index in [0.717, 1.165) is 0 Å². The van der Waals surface area contributed by atoms with E-state index < -0.39 is 5.82 Å². The summed E-state index contributed by atoms with van der Waals surface area (Å²) in [5.74, 6) is -0.439. The summed E-state index contributed by atoms with van der Waals surface area (Å²) in [7, 11) is 1.42. The van der Waals surface area contributed by atoms with Crippen LogP contribution in [0.3, 0.4) is 0 Å². The maximum Gasteiger partial charge on any atom is 0.188 e. The van der Waals surface area contributed by atoms with Crippen molar-refractivity contribution in [3.05, 3.63) is 41.7 Å². The fourth-order valence-corrected chi connectivity index (χ4v) is 1.06. The number of ether oxygens (including phenoxy) is 1. The van der Waals surface area contributed by atoms with Crippen molar-refractivity contribution in [3.8, 4) is 5.75 Å². The fourth-order valence-electron chi connectivity index (χ4n) is 1.06. The molecule has 0 aromatic heterocycles. The molecule has 1 aromatic carbocycles. The quantitative estimate of drug-likeness (QED) is 0.546. The van der Waals surface area contributed by atoms with Gasteiger partial charge in [0.25, 0.3) is 0 Å². The van der Waals surface area contributed by atoms with Crippen molar-refractivity contribution in [1.82, 2.24) is 0 Å². The minimum absolute atomic E-state index is 0.259. The molecule has 1 aromatic rings. The molecule has 0 saturated carbocycles. The zero-order chi connectivity index (χ0) is 10.7. The van der Waals surface area contributed by atoms with Gasteiger partial charge in [-0.25, -0.2) is 4.39 Å². The second-order valence-electron chi connectivity index (χ2n) is 2.99. The van der Waals surface area contributed by atoms with Crippen LogP contribution in [0.1, 0.15) is 17.3 Å². The molecular formula is C11H11FO2. The van der Waals surface area contributed by atoms with Gasteiger partial charge in [-0.3, -0.25) is 4.79 Å². The molecular weight excluding hydrogens is 183 g/mol. The van der Waals surface area contributed by atoms with Gasteiger partial charge >= 0.3 is 0 Å². The number of methoxy groups -OCH3 is 1. The van der Waals surface area contributed by atoms with Gasteiger partial charge < -0.3 is 4.74 Å². The Kier molecular flexibility index (Phi) is 3.02. The van der Waals surface area contributed by atoms with Crippen LogP contribution in [-0.2, 0) is 0 Å². The van der Waals surface area contributed by atoms with Gasteiger partial charge in [-0.1, -0.05) is 6.58 Å². The SMILES string of the molecule is C=C(C)C(=O)c1cc(F)cc(OC)c1. The Morgan fingerprint density at radius 1 is 1.43 bits per heavy atom. The molecule has 0 aliphatic heterocycles. The molecule has 0 saturated heterocycles. The fraction of sp³-hybridized carbons (Fsp3) is 0.182. The molecule has 2 nitrogen and oxygen atoms in total. The molecule has 0 fully saturated rings. The Morgan fingerprint density at radius 3 is 2.57 bits per heavy atom. The highest BCUT2D eigenvalue weighted by Crippen LogP contribution is 2.17. The maximum atomic E-state index is 13.0. The van der Waals surface area contributed by atoms with E-state index in [9.17, 15) is 9.18 Å². The molecule has 0 spiro atoms. The van der Waals surface area contributed by atoms with Gasteiger partial charge in [-0.15, -0.1) is 0 Å². The number of allylic oxidation sites excluding steroid dienone is 1. The highest BCUT2D eigenvalue weighted by molar-refractivity contribution is 6.08. The summed E-state index contributed by atoms with van der Waals surface area (Å²) >= 11 is 0. The van der Waals surface area contributed by atoms with Crippen molar-refractivity contribution in [1.29, 1.82) is 0 Å².